The van der Waals surface area contributed by atoms with Gasteiger partial charge in [-0.1, -0.05) is 41.9 Å². The number of nitriles is 1. The highest BCUT2D eigenvalue weighted by Gasteiger charge is 2.15. The van der Waals surface area contributed by atoms with E-state index in [0.29, 0.717) is 46.2 Å². The number of rotatable bonds is 8. The molecule has 0 saturated carbocycles. The second-order valence-electron chi connectivity index (χ2n) is 7.28. The zero-order valence-electron chi connectivity index (χ0n) is 18.0. The summed E-state index contributed by atoms with van der Waals surface area (Å²) in [7, 11) is 1.58. The normalized spacial score (nSPS) is 11.2. The first-order valence-electron chi connectivity index (χ1n) is 10.3. The predicted molar refractivity (Wildman–Crippen MR) is 130 cm³/mol. The Balaban J connectivity index is 1.70. The molecule has 0 aliphatic rings. The molecule has 33 heavy (non-hydrogen) atoms. The van der Waals surface area contributed by atoms with Crippen molar-refractivity contribution in [3.8, 4) is 17.6 Å². The van der Waals surface area contributed by atoms with Crippen molar-refractivity contribution in [1.82, 2.24) is 4.98 Å². The van der Waals surface area contributed by atoms with Crippen molar-refractivity contribution in [3.05, 3.63) is 101 Å². The molecule has 4 aromatic rings. The molecule has 0 spiro atoms. The highest BCUT2D eigenvalue weighted by molar-refractivity contribution is 6.30. The van der Waals surface area contributed by atoms with Crippen molar-refractivity contribution in [3.63, 3.8) is 0 Å². The summed E-state index contributed by atoms with van der Waals surface area (Å²) >= 11 is 6.09. The van der Waals surface area contributed by atoms with E-state index in [1.807, 2.05) is 60.7 Å². The number of allylic oxidation sites excluding steroid dienone is 2. The topological polar surface area (TPSA) is 68.3 Å². The van der Waals surface area contributed by atoms with Gasteiger partial charge in [0, 0.05) is 10.6 Å². The third-order valence-electron chi connectivity index (χ3n) is 4.97. The molecule has 0 atom stereocenters. The second kappa shape index (κ2) is 10.1. The summed E-state index contributed by atoms with van der Waals surface area (Å²) in [6.07, 6.45) is 4.08. The van der Waals surface area contributed by atoms with Gasteiger partial charge in [0.05, 0.1) is 7.11 Å². The highest BCUT2D eigenvalue weighted by atomic mass is 35.5. The summed E-state index contributed by atoms with van der Waals surface area (Å²) in [5.74, 6) is 1.44. The van der Waals surface area contributed by atoms with Gasteiger partial charge in [0.1, 0.15) is 23.8 Å². The number of nitrogens with zero attached hydrogens (tertiary/aromatic N) is 2. The lowest BCUT2D eigenvalue weighted by Crippen LogP contribution is -2.02. The van der Waals surface area contributed by atoms with Crippen molar-refractivity contribution in [2.75, 3.05) is 7.11 Å². The van der Waals surface area contributed by atoms with E-state index in [4.69, 9.17) is 25.5 Å². The molecule has 0 aliphatic heterocycles. The average Bonchev–Trinajstić information content (AvgIpc) is 3.26. The second-order valence-corrected chi connectivity index (χ2v) is 7.72. The lowest BCUT2D eigenvalue weighted by atomic mass is 10.0. The Hall–Kier alpha value is -4.01. The van der Waals surface area contributed by atoms with Crippen LogP contribution >= 0.6 is 11.6 Å². The maximum Gasteiger partial charge on any atom is 0.238 e. The van der Waals surface area contributed by atoms with Crippen molar-refractivity contribution in [2.24, 2.45) is 0 Å². The maximum absolute atomic E-state index is 9.75. The summed E-state index contributed by atoms with van der Waals surface area (Å²) in [6.45, 7) is 4.19. The van der Waals surface area contributed by atoms with Crippen LogP contribution in [0.2, 0.25) is 5.02 Å². The van der Waals surface area contributed by atoms with Crippen LogP contribution in [0.25, 0.3) is 22.7 Å². The molecule has 0 radical (unpaired) electrons. The molecule has 1 aromatic heterocycles. The summed E-state index contributed by atoms with van der Waals surface area (Å²) in [4.78, 5) is 4.43. The van der Waals surface area contributed by atoms with Crippen LogP contribution in [0.4, 0.5) is 0 Å². The number of methoxy groups -OCH3 is 1. The molecule has 3 aromatic carbocycles. The summed E-state index contributed by atoms with van der Waals surface area (Å²) < 4.78 is 17.5. The van der Waals surface area contributed by atoms with Gasteiger partial charge in [0.15, 0.2) is 17.1 Å². The molecular formula is C27H21ClN2O3. The minimum Gasteiger partial charge on any atom is -0.493 e. The molecule has 0 bridgehead atoms. The Morgan fingerprint density at radius 2 is 2.03 bits per heavy atom. The number of ether oxygens (including phenoxy) is 2. The third kappa shape index (κ3) is 5.08. The van der Waals surface area contributed by atoms with Crippen LogP contribution in [-0.2, 0) is 13.0 Å². The van der Waals surface area contributed by atoms with Gasteiger partial charge in [-0.25, -0.2) is 4.98 Å². The van der Waals surface area contributed by atoms with Crippen molar-refractivity contribution in [1.29, 1.82) is 5.26 Å². The average molecular weight is 457 g/mol. The smallest absolute Gasteiger partial charge is 0.238 e. The van der Waals surface area contributed by atoms with Crippen molar-refractivity contribution < 1.29 is 13.9 Å². The Kier molecular flexibility index (Phi) is 6.77. The minimum atomic E-state index is 0.268. The number of halogens is 1. The number of para-hydroxylation sites is 2. The number of aromatic nitrogens is 1. The third-order valence-corrected chi connectivity index (χ3v) is 5.20. The molecule has 0 saturated heterocycles. The SMILES string of the molecule is C=CCc1cc(/C=C(\C#N)c2nc3ccccc3o2)cc(OC)c1OCc1cccc(Cl)c1. The zero-order chi connectivity index (χ0) is 23.2. The Morgan fingerprint density at radius 1 is 1.18 bits per heavy atom. The largest absolute Gasteiger partial charge is 0.493 e. The predicted octanol–water partition coefficient (Wildman–Crippen LogP) is 6.86. The molecule has 0 N–H and O–H groups in total. The van der Waals surface area contributed by atoms with Crippen LogP contribution in [0.5, 0.6) is 11.5 Å². The van der Waals surface area contributed by atoms with Crippen LogP contribution in [0.15, 0.2) is 77.7 Å². The van der Waals surface area contributed by atoms with Crippen LogP contribution in [0, 0.1) is 11.3 Å². The Morgan fingerprint density at radius 3 is 2.76 bits per heavy atom. The van der Waals surface area contributed by atoms with Gasteiger partial charge < -0.3 is 13.9 Å². The number of hydrogen-bond donors (Lipinski definition) is 0. The van der Waals surface area contributed by atoms with Crippen LogP contribution in [0.1, 0.15) is 22.6 Å². The number of benzene rings is 3. The molecule has 0 aliphatic carbocycles. The van der Waals surface area contributed by atoms with Gasteiger partial charge in [-0.3, -0.25) is 0 Å². The van der Waals surface area contributed by atoms with Gasteiger partial charge in [-0.2, -0.15) is 5.26 Å². The number of fused-ring (bicyclic) bond motifs is 1. The first kappa shape index (κ1) is 22.2. The fraction of sp³-hybridized carbons (Fsp3) is 0.111. The molecule has 4 rings (SSSR count). The van der Waals surface area contributed by atoms with Gasteiger partial charge in [-0.05, 0) is 60.0 Å². The zero-order valence-corrected chi connectivity index (χ0v) is 18.8. The number of oxazole rings is 1. The van der Waals surface area contributed by atoms with Crippen molar-refractivity contribution >= 4 is 34.3 Å². The van der Waals surface area contributed by atoms with E-state index in [0.717, 1.165) is 16.7 Å². The fourth-order valence-corrected chi connectivity index (χ4v) is 3.68. The quantitative estimate of drug-likeness (QED) is 0.214. The molecule has 0 amide bonds. The van der Waals surface area contributed by atoms with Gasteiger partial charge in [-0.15, -0.1) is 6.58 Å². The van der Waals surface area contributed by atoms with Crippen LogP contribution in [0.3, 0.4) is 0 Å². The maximum atomic E-state index is 9.75. The number of hydrogen-bond acceptors (Lipinski definition) is 5. The standard InChI is InChI=1S/C27H21ClN2O3/c1-3-7-20-12-19(13-21(16-29)27-30-23-10-4-5-11-24(23)33-27)15-25(31-2)26(20)32-17-18-8-6-9-22(28)14-18/h3-6,8-15H,1,7,17H2,2H3/b21-13+. The summed E-state index contributed by atoms with van der Waals surface area (Å²) in [5.41, 5.74) is 4.22. The van der Waals surface area contributed by atoms with E-state index < -0.39 is 0 Å². The Labute approximate surface area is 197 Å². The van der Waals surface area contributed by atoms with E-state index in [2.05, 4.69) is 17.6 Å². The van der Waals surface area contributed by atoms with E-state index in [-0.39, 0.29) is 5.89 Å². The molecule has 0 unspecified atom stereocenters. The molecule has 6 heteroatoms. The van der Waals surface area contributed by atoms with Crippen LogP contribution in [-0.4, -0.2) is 12.1 Å². The van der Waals surface area contributed by atoms with Gasteiger partial charge >= 0.3 is 0 Å². The monoisotopic (exact) mass is 456 g/mol. The van der Waals surface area contributed by atoms with E-state index in [1.165, 1.54) is 0 Å². The van der Waals surface area contributed by atoms with E-state index in [9.17, 15) is 5.26 Å². The summed E-state index contributed by atoms with van der Waals surface area (Å²) in [6, 6.07) is 20.8. The lowest BCUT2D eigenvalue weighted by Gasteiger charge is -2.16. The van der Waals surface area contributed by atoms with Crippen LogP contribution < -0.4 is 9.47 Å². The molecular weight excluding hydrogens is 436 g/mol. The molecule has 1 heterocycles. The molecule has 0 fully saturated rings. The van der Waals surface area contributed by atoms with Crippen molar-refractivity contribution in [2.45, 2.75) is 13.0 Å². The lowest BCUT2D eigenvalue weighted by molar-refractivity contribution is 0.282. The molecule has 164 valence electrons. The first-order chi connectivity index (χ1) is 16.1. The Bertz CT molecular complexity index is 1350. The first-order valence-corrected chi connectivity index (χ1v) is 10.7. The molecule has 5 nitrogen and oxygen atoms in total. The summed E-state index contributed by atoms with van der Waals surface area (Å²) in [5, 5.41) is 10.4. The van der Waals surface area contributed by atoms with E-state index >= 15 is 0 Å². The fourth-order valence-electron chi connectivity index (χ4n) is 3.47. The minimum absolute atomic E-state index is 0.268. The van der Waals surface area contributed by atoms with E-state index in [1.54, 1.807) is 19.3 Å². The highest BCUT2D eigenvalue weighted by Crippen LogP contribution is 2.35. The van der Waals surface area contributed by atoms with Gasteiger partial charge in [0.25, 0.3) is 0 Å². The van der Waals surface area contributed by atoms with Gasteiger partial charge in [0.2, 0.25) is 5.89 Å².